The Labute approximate surface area is 182 Å². The average molecular weight is 447 g/mol. The summed E-state index contributed by atoms with van der Waals surface area (Å²) in [5.74, 6) is -2.06. The van der Waals surface area contributed by atoms with Crippen molar-refractivity contribution in [2.45, 2.75) is 69.5 Å². The molecular formula is C21H21NO10. The summed E-state index contributed by atoms with van der Waals surface area (Å²) in [5.41, 5.74) is -0.508. The SMILES string of the molecule is CC(=O)Oc1c2c(cc3c1C(=O)N[C@H]1[C@@H]4OC(C)(C)O[C@@H]4[C@@H](OC(C)=O)[C@H]4OC341)OCO2. The highest BCUT2D eigenvalue weighted by molar-refractivity contribution is 6.03. The minimum atomic E-state index is -1.08. The highest BCUT2D eigenvalue weighted by atomic mass is 16.8. The second kappa shape index (κ2) is 6.12. The van der Waals surface area contributed by atoms with Gasteiger partial charge in [0.2, 0.25) is 12.5 Å². The molecule has 1 aromatic rings. The molecule has 1 spiro atoms. The predicted octanol–water partition coefficient (Wildman–Crippen LogP) is 0.512. The van der Waals surface area contributed by atoms with Crippen LogP contribution >= 0.6 is 0 Å². The van der Waals surface area contributed by atoms with Gasteiger partial charge in [0, 0.05) is 19.4 Å². The van der Waals surface area contributed by atoms with Gasteiger partial charge < -0.3 is 38.5 Å². The van der Waals surface area contributed by atoms with E-state index in [2.05, 4.69) is 5.32 Å². The van der Waals surface area contributed by atoms with Gasteiger partial charge in [-0.05, 0) is 19.9 Å². The topological polar surface area (TPSA) is 131 Å². The summed E-state index contributed by atoms with van der Waals surface area (Å²) in [7, 11) is 0. The molecular weight excluding hydrogens is 426 g/mol. The summed E-state index contributed by atoms with van der Waals surface area (Å²) >= 11 is 0. The zero-order valence-corrected chi connectivity index (χ0v) is 17.8. The fourth-order valence-corrected chi connectivity index (χ4v) is 5.38. The first-order valence-corrected chi connectivity index (χ1v) is 10.3. The molecule has 1 aliphatic carbocycles. The van der Waals surface area contributed by atoms with E-state index in [-0.39, 0.29) is 23.9 Å². The third-order valence-electron chi connectivity index (χ3n) is 6.37. The van der Waals surface area contributed by atoms with Gasteiger partial charge in [-0.15, -0.1) is 0 Å². The van der Waals surface area contributed by atoms with Crippen molar-refractivity contribution in [3.63, 3.8) is 0 Å². The van der Waals surface area contributed by atoms with E-state index in [4.69, 9.17) is 33.2 Å². The number of ether oxygens (including phenoxy) is 7. The van der Waals surface area contributed by atoms with Crippen molar-refractivity contribution in [1.29, 1.82) is 0 Å². The Hall–Kier alpha value is -2.89. The summed E-state index contributed by atoms with van der Waals surface area (Å²) in [4.78, 5) is 36.9. The smallest absolute Gasteiger partial charge is 0.308 e. The molecule has 4 heterocycles. The van der Waals surface area contributed by atoms with E-state index in [0.717, 1.165) is 0 Å². The van der Waals surface area contributed by atoms with E-state index >= 15 is 0 Å². The van der Waals surface area contributed by atoms with E-state index in [1.165, 1.54) is 13.8 Å². The molecule has 11 heteroatoms. The number of hydrogen-bond donors (Lipinski definition) is 1. The Morgan fingerprint density at radius 3 is 2.56 bits per heavy atom. The number of epoxide rings is 1. The molecule has 1 aromatic carbocycles. The average Bonchev–Trinajstić information content (AvgIpc) is 3.07. The minimum Gasteiger partial charge on any atom is -0.457 e. The van der Waals surface area contributed by atoms with Crippen LogP contribution in [0.3, 0.4) is 0 Å². The quantitative estimate of drug-likeness (QED) is 0.389. The lowest BCUT2D eigenvalue weighted by Crippen LogP contribution is -2.65. The molecule has 4 aliphatic heterocycles. The lowest BCUT2D eigenvalue weighted by molar-refractivity contribution is -0.171. The van der Waals surface area contributed by atoms with E-state index in [0.29, 0.717) is 11.3 Å². The second-order valence-electron chi connectivity index (χ2n) is 8.88. The van der Waals surface area contributed by atoms with Gasteiger partial charge >= 0.3 is 11.9 Å². The van der Waals surface area contributed by atoms with Gasteiger partial charge in [-0.3, -0.25) is 14.4 Å². The fraction of sp³-hybridized carbons (Fsp3) is 0.571. The van der Waals surface area contributed by atoms with Crippen LogP contribution in [0.5, 0.6) is 17.2 Å². The van der Waals surface area contributed by atoms with E-state index in [9.17, 15) is 14.4 Å². The highest BCUT2D eigenvalue weighted by Crippen LogP contribution is 2.63. The van der Waals surface area contributed by atoms with Crippen molar-refractivity contribution in [3.8, 4) is 17.2 Å². The maximum atomic E-state index is 13.3. The summed E-state index contributed by atoms with van der Waals surface area (Å²) in [6.45, 7) is 5.97. The van der Waals surface area contributed by atoms with Gasteiger partial charge in [0.15, 0.2) is 23.4 Å². The van der Waals surface area contributed by atoms with Crippen LogP contribution in [0.4, 0.5) is 0 Å². The molecule has 1 amide bonds. The van der Waals surface area contributed by atoms with Crippen LogP contribution < -0.4 is 19.5 Å². The van der Waals surface area contributed by atoms with E-state index in [1.807, 2.05) is 0 Å². The van der Waals surface area contributed by atoms with Crippen molar-refractivity contribution >= 4 is 17.8 Å². The number of amides is 1. The number of nitrogens with one attached hydrogen (secondary N) is 1. The van der Waals surface area contributed by atoms with Crippen LogP contribution in [0.15, 0.2) is 6.07 Å². The standard InChI is InChI=1S/C21H21NO10/c1-7(23)28-13-11-9(5-10-12(13)27-6-26-10)21-17(22-19(11)25)15-14(30-20(3,4)31-15)16(18(21)32-21)29-8(2)24/h5,14-18H,6H2,1-4H3,(H,22,25)/t14-,15+,16+,17-,18+,21?/m0/s1. The Balaban J connectivity index is 1.53. The molecule has 0 radical (unpaired) electrons. The highest BCUT2D eigenvalue weighted by Gasteiger charge is 2.79. The van der Waals surface area contributed by atoms with Crippen LogP contribution in [0.25, 0.3) is 0 Å². The minimum absolute atomic E-state index is 0.0304. The van der Waals surface area contributed by atoms with Gasteiger partial charge in [0.05, 0.1) is 11.6 Å². The first kappa shape index (κ1) is 19.8. The largest absolute Gasteiger partial charge is 0.457 e. The molecule has 0 bridgehead atoms. The third-order valence-corrected chi connectivity index (χ3v) is 6.37. The Morgan fingerprint density at radius 1 is 1.09 bits per heavy atom. The first-order valence-electron chi connectivity index (χ1n) is 10.3. The first-order chi connectivity index (χ1) is 15.1. The summed E-state index contributed by atoms with van der Waals surface area (Å²) in [6.07, 6.45) is -2.66. The van der Waals surface area contributed by atoms with Gasteiger partial charge in [-0.2, -0.15) is 0 Å². The maximum absolute atomic E-state index is 13.3. The molecule has 0 aromatic heterocycles. The number of benzene rings is 1. The van der Waals surface area contributed by atoms with E-state index in [1.54, 1.807) is 19.9 Å². The van der Waals surface area contributed by atoms with Gasteiger partial charge in [0.1, 0.15) is 23.9 Å². The summed E-state index contributed by atoms with van der Waals surface area (Å²) in [6, 6.07) is 1.03. The van der Waals surface area contributed by atoms with Crippen molar-refractivity contribution in [1.82, 2.24) is 5.32 Å². The van der Waals surface area contributed by atoms with Crippen LogP contribution in [-0.4, -0.2) is 60.9 Å². The Bertz CT molecular complexity index is 1080. The fourth-order valence-electron chi connectivity index (χ4n) is 5.38. The summed E-state index contributed by atoms with van der Waals surface area (Å²) in [5, 5.41) is 2.95. The van der Waals surface area contributed by atoms with Crippen molar-refractivity contribution in [2.75, 3.05) is 6.79 Å². The molecule has 6 rings (SSSR count). The molecule has 2 saturated heterocycles. The molecule has 1 N–H and O–H groups in total. The van der Waals surface area contributed by atoms with Crippen molar-refractivity contribution < 1.29 is 47.5 Å². The van der Waals surface area contributed by atoms with Crippen molar-refractivity contribution in [2.24, 2.45) is 0 Å². The normalized spacial score (nSPS) is 36.8. The molecule has 5 aliphatic rings. The molecule has 6 atom stereocenters. The lowest BCUT2D eigenvalue weighted by atomic mass is 9.71. The maximum Gasteiger partial charge on any atom is 0.308 e. The van der Waals surface area contributed by atoms with Gasteiger partial charge in [-0.1, -0.05) is 0 Å². The second-order valence-corrected chi connectivity index (χ2v) is 8.88. The van der Waals surface area contributed by atoms with Crippen LogP contribution in [0.2, 0.25) is 0 Å². The number of esters is 2. The monoisotopic (exact) mass is 447 g/mol. The lowest BCUT2D eigenvalue weighted by Gasteiger charge is -2.42. The number of rotatable bonds is 2. The van der Waals surface area contributed by atoms with Gasteiger partial charge in [-0.25, -0.2) is 0 Å². The third kappa shape index (κ3) is 2.49. The van der Waals surface area contributed by atoms with Crippen LogP contribution in [0, 0.1) is 0 Å². The van der Waals surface area contributed by atoms with E-state index < -0.39 is 59.7 Å². The summed E-state index contributed by atoms with van der Waals surface area (Å²) < 4.78 is 40.3. The number of carbonyl (C=O) groups excluding carboxylic acids is 3. The molecule has 1 unspecified atom stereocenters. The number of carbonyl (C=O) groups is 3. The molecule has 32 heavy (non-hydrogen) atoms. The predicted molar refractivity (Wildman–Crippen MR) is 101 cm³/mol. The Kier molecular flexibility index (Phi) is 3.78. The molecule has 1 saturated carbocycles. The van der Waals surface area contributed by atoms with Crippen LogP contribution in [0.1, 0.15) is 43.6 Å². The number of fused-ring (bicyclic) bond motifs is 4. The van der Waals surface area contributed by atoms with Gasteiger partial charge in [0.25, 0.3) is 5.91 Å². The molecule has 11 nitrogen and oxygen atoms in total. The zero-order valence-electron chi connectivity index (χ0n) is 17.8. The van der Waals surface area contributed by atoms with Crippen LogP contribution in [-0.2, 0) is 34.1 Å². The number of hydrogen-bond acceptors (Lipinski definition) is 10. The zero-order chi connectivity index (χ0) is 22.6. The Morgan fingerprint density at radius 2 is 1.84 bits per heavy atom. The van der Waals surface area contributed by atoms with Crippen molar-refractivity contribution in [3.05, 3.63) is 17.2 Å². The molecule has 3 fully saturated rings. The molecule has 170 valence electrons.